The quantitative estimate of drug-likeness (QED) is 0.659. The van der Waals surface area contributed by atoms with Crippen LogP contribution in [0, 0.1) is 0 Å². The number of Topliss-reactive ketones (excluding diaryl/α,β-unsaturated/α-hetero) is 1. The number of carbonyl (C=O) groups is 2. The van der Waals surface area contributed by atoms with Crippen molar-refractivity contribution >= 4 is 11.9 Å². The SMILES string of the molecule is COC(=O)NC(C)CC(C)=O. The van der Waals surface area contributed by atoms with E-state index in [0.717, 1.165) is 0 Å². The van der Waals surface area contributed by atoms with Gasteiger partial charge in [-0.2, -0.15) is 0 Å². The molecule has 0 aliphatic carbocycles. The molecule has 1 amide bonds. The van der Waals surface area contributed by atoms with Crippen LogP contribution in [0.5, 0.6) is 0 Å². The minimum atomic E-state index is -0.501. The molecule has 0 heterocycles. The number of nitrogens with one attached hydrogen (secondary N) is 1. The molecule has 1 atom stereocenters. The number of alkyl carbamates (subject to hydrolysis) is 1. The largest absolute Gasteiger partial charge is 0.453 e. The maximum Gasteiger partial charge on any atom is 0.407 e. The number of ketones is 1. The van der Waals surface area contributed by atoms with Crippen molar-refractivity contribution in [2.24, 2.45) is 0 Å². The lowest BCUT2D eigenvalue weighted by Crippen LogP contribution is -2.33. The molecule has 0 saturated heterocycles. The zero-order chi connectivity index (χ0) is 8.85. The predicted octanol–water partition coefficient (Wildman–Crippen LogP) is 0.710. The maximum atomic E-state index is 10.6. The summed E-state index contributed by atoms with van der Waals surface area (Å²) in [6.45, 7) is 3.23. The van der Waals surface area contributed by atoms with Crippen LogP contribution in [0.1, 0.15) is 20.3 Å². The van der Waals surface area contributed by atoms with Gasteiger partial charge in [0.25, 0.3) is 0 Å². The maximum absolute atomic E-state index is 10.6. The molecule has 4 heteroatoms. The molecule has 0 rings (SSSR count). The minimum Gasteiger partial charge on any atom is -0.453 e. The summed E-state index contributed by atoms with van der Waals surface area (Å²) in [5.41, 5.74) is 0. The molecule has 0 radical (unpaired) electrons. The molecule has 11 heavy (non-hydrogen) atoms. The lowest BCUT2D eigenvalue weighted by atomic mass is 10.2. The lowest BCUT2D eigenvalue weighted by molar-refractivity contribution is -0.117. The van der Waals surface area contributed by atoms with Gasteiger partial charge in [0.2, 0.25) is 0 Å². The smallest absolute Gasteiger partial charge is 0.407 e. The van der Waals surface area contributed by atoms with Crippen molar-refractivity contribution < 1.29 is 14.3 Å². The van der Waals surface area contributed by atoms with Gasteiger partial charge in [-0.1, -0.05) is 0 Å². The summed E-state index contributed by atoms with van der Waals surface area (Å²) in [5, 5.41) is 2.48. The molecular formula is C7H13NO3. The van der Waals surface area contributed by atoms with E-state index in [2.05, 4.69) is 10.1 Å². The lowest BCUT2D eigenvalue weighted by Gasteiger charge is -2.09. The van der Waals surface area contributed by atoms with Crippen molar-refractivity contribution in [3.8, 4) is 0 Å². The molecule has 1 N–H and O–H groups in total. The van der Waals surface area contributed by atoms with E-state index in [1.165, 1.54) is 14.0 Å². The Morgan fingerprint density at radius 2 is 2.09 bits per heavy atom. The molecule has 64 valence electrons. The summed E-state index contributed by atoms with van der Waals surface area (Å²) >= 11 is 0. The Bertz CT molecular complexity index is 156. The summed E-state index contributed by atoms with van der Waals surface area (Å²) in [6.07, 6.45) is -0.159. The summed E-state index contributed by atoms with van der Waals surface area (Å²) in [7, 11) is 1.29. The number of methoxy groups -OCH3 is 1. The average Bonchev–Trinajstić information content (AvgIpc) is 1.85. The van der Waals surface area contributed by atoms with Crippen LogP contribution in [0.4, 0.5) is 4.79 Å². The van der Waals surface area contributed by atoms with E-state index >= 15 is 0 Å². The van der Waals surface area contributed by atoms with Crippen LogP contribution in [0.3, 0.4) is 0 Å². The van der Waals surface area contributed by atoms with Gasteiger partial charge in [0.05, 0.1) is 7.11 Å². The predicted molar refractivity (Wildman–Crippen MR) is 40.3 cm³/mol. The zero-order valence-corrected chi connectivity index (χ0v) is 7.01. The highest BCUT2D eigenvalue weighted by Crippen LogP contribution is 1.91. The molecule has 0 aromatic rings. The number of hydrogen-bond donors (Lipinski definition) is 1. The molecular weight excluding hydrogens is 146 g/mol. The van der Waals surface area contributed by atoms with Crippen LogP contribution in [0.15, 0.2) is 0 Å². The van der Waals surface area contributed by atoms with Crippen LogP contribution in [-0.2, 0) is 9.53 Å². The Morgan fingerprint density at radius 1 is 1.55 bits per heavy atom. The number of ether oxygens (including phenoxy) is 1. The van der Waals surface area contributed by atoms with Gasteiger partial charge in [-0.15, -0.1) is 0 Å². The van der Waals surface area contributed by atoms with Crippen LogP contribution < -0.4 is 5.32 Å². The number of carbonyl (C=O) groups excluding carboxylic acids is 2. The van der Waals surface area contributed by atoms with E-state index in [1.54, 1.807) is 6.92 Å². The average molecular weight is 159 g/mol. The molecule has 0 aromatic heterocycles. The van der Waals surface area contributed by atoms with Crippen LogP contribution >= 0.6 is 0 Å². The third kappa shape index (κ3) is 5.39. The number of amides is 1. The van der Waals surface area contributed by atoms with Crippen LogP contribution in [-0.4, -0.2) is 25.0 Å². The highest BCUT2D eigenvalue weighted by atomic mass is 16.5. The van der Waals surface area contributed by atoms with Crippen LogP contribution in [0.2, 0.25) is 0 Å². The van der Waals surface area contributed by atoms with E-state index in [0.29, 0.717) is 6.42 Å². The molecule has 0 aliphatic heterocycles. The molecule has 0 saturated carbocycles. The first-order valence-electron chi connectivity index (χ1n) is 3.40. The second-order valence-corrected chi connectivity index (χ2v) is 2.44. The van der Waals surface area contributed by atoms with Gasteiger partial charge < -0.3 is 10.1 Å². The highest BCUT2D eigenvalue weighted by Gasteiger charge is 2.07. The van der Waals surface area contributed by atoms with Gasteiger partial charge in [-0.3, -0.25) is 4.79 Å². The molecule has 0 bridgehead atoms. The minimum absolute atomic E-state index is 0.0499. The van der Waals surface area contributed by atoms with Gasteiger partial charge in [0.15, 0.2) is 0 Å². The molecule has 0 aliphatic rings. The first kappa shape index (κ1) is 9.94. The molecule has 0 aromatic carbocycles. The van der Waals surface area contributed by atoms with Gasteiger partial charge in [0, 0.05) is 12.5 Å². The van der Waals surface area contributed by atoms with Gasteiger partial charge >= 0.3 is 6.09 Å². The van der Waals surface area contributed by atoms with Crippen LogP contribution in [0.25, 0.3) is 0 Å². The Hall–Kier alpha value is -1.06. The number of rotatable bonds is 3. The Balaban J connectivity index is 3.60. The third-order valence-corrected chi connectivity index (χ3v) is 1.14. The third-order valence-electron chi connectivity index (χ3n) is 1.14. The van der Waals surface area contributed by atoms with Crippen molar-refractivity contribution in [1.82, 2.24) is 5.32 Å². The van der Waals surface area contributed by atoms with E-state index in [-0.39, 0.29) is 11.8 Å². The van der Waals surface area contributed by atoms with E-state index in [4.69, 9.17) is 0 Å². The van der Waals surface area contributed by atoms with E-state index in [9.17, 15) is 9.59 Å². The zero-order valence-electron chi connectivity index (χ0n) is 7.01. The summed E-state index contributed by atoms with van der Waals surface area (Å²) in [5.74, 6) is 0.0499. The molecule has 4 nitrogen and oxygen atoms in total. The molecule has 0 fully saturated rings. The van der Waals surface area contributed by atoms with Gasteiger partial charge in [-0.25, -0.2) is 4.79 Å². The van der Waals surface area contributed by atoms with Crippen molar-refractivity contribution in [3.05, 3.63) is 0 Å². The van der Waals surface area contributed by atoms with E-state index < -0.39 is 6.09 Å². The normalized spacial score (nSPS) is 11.9. The fraction of sp³-hybridized carbons (Fsp3) is 0.714. The molecule has 1 unspecified atom stereocenters. The monoisotopic (exact) mass is 159 g/mol. The number of hydrogen-bond acceptors (Lipinski definition) is 3. The molecule has 0 spiro atoms. The Morgan fingerprint density at radius 3 is 2.45 bits per heavy atom. The second-order valence-electron chi connectivity index (χ2n) is 2.44. The fourth-order valence-corrected chi connectivity index (χ4v) is 0.742. The second kappa shape index (κ2) is 4.71. The summed E-state index contributed by atoms with van der Waals surface area (Å²) in [6, 6.07) is -0.153. The Kier molecular flexibility index (Phi) is 4.26. The van der Waals surface area contributed by atoms with E-state index in [1.807, 2.05) is 0 Å². The first-order valence-corrected chi connectivity index (χ1v) is 3.40. The fourth-order valence-electron chi connectivity index (χ4n) is 0.742. The standard InChI is InChI=1S/C7H13NO3/c1-5(4-6(2)9)8-7(10)11-3/h5H,4H2,1-3H3,(H,8,10). The van der Waals surface area contributed by atoms with Crippen molar-refractivity contribution in [2.45, 2.75) is 26.3 Å². The van der Waals surface area contributed by atoms with Crippen molar-refractivity contribution in [2.75, 3.05) is 7.11 Å². The summed E-state index contributed by atoms with van der Waals surface area (Å²) < 4.78 is 4.34. The summed E-state index contributed by atoms with van der Waals surface area (Å²) in [4.78, 5) is 21.1. The highest BCUT2D eigenvalue weighted by molar-refractivity contribution is 5.77. The van der Waals surface area contributed by atoms with Gasteiger partial charge in [-0.05, 0) is 13.8 Å². The van der Waals surface area contributed by atoms with Crippen molar-refractivity contribution in [1.29, 1.82) is 0 Å². The van der Waals surface area contributed by atoms with Gasteiger partial charge in [0.1, 0.15) is 5.78 Å². The Labute approximate surface area is 65.9 Å². The van der Waals surface area contributed by atoms with Crippen molar-refractivity contribution in [3.63, 3.8) is 0 Å². The topological polar surface area (TPSA) is 55.4 Å². The first-order chi connectivity index (χ1) is 5.06.